The Kier molecular flexibility index (Phi) is 3.38. The molecule has 0 unspecified atom stereocenters. The maximum atomic E-state index is 12.2. The first-order valence-electron chi connectivity index (χ1n) is 6.10. The highest BCUT2D eigenvalue weighted by Gasteiger charge is 2.36. The van der Waals surface area contributed by atoms with Crippen molar-refractivity contribution in [3.63, 3.8) is 0 Å². The van der Waals surface area contributed by atoms with E-state index in [-0.39, 0.29) is 17.2 Å². The minimum atomic E-state index is -3.50. The molecular formula is C11H18N4O3S. The summed E-state index contributed by atoms with van der Waals surface area (Å²) < 4.78 is 26.2. The van der Waals surface area contributed by atoms with Crippen molar-refractivity contribution >= 4 is 14.9 Å². The van der Waals surface area contributed by atoms with Crippen LogP contribution in [0.3, 0.4) is 0 Å². The Balaban J connectivity index is 2.21. The fourth-order valence-electron chi connectivity index (χ4n) is 1.86. The van der Waals surface area contributed by atoms with Crippen LogP contribution in [0.2, 0.25) is 0 Å². The van der Waals surface area contributed by atoms with E-state index in [2.05, 4.69) is 15.4 Å². The Labute approximate surface area is 112 Å². The number of hydrogen-bond acceptors (Lipinski definition) is 6. The SMILES string of the molecule is CCc1nnc(CS(=O)(=O)C2=NOC(C)(C)C2)n1C. The van der Waals surface area contributed by atoms with Gasteiger partial charge in [0.2, 0.25) is 9.84 Å². The second-order valence-corrected chi connectivity index (χ2v) is 7.21. The first-order chi connectivity index (χ1) is 8.75. The lowest BCUT2D eigenvalue weighted by Crippen LogP contribution is -2.24. The Morgan fingerprint density at radius 1 is 1.32 bits per heavy atom. The third-order valence-corrected chi connectivity index (χ3v) is 4.60. The summed E-state index contributed by atoms with van der Waals surface area (Å²) >= 11 is 0. The molecule has 0 radical (unpaired) electrons. The van der Waals surface area contributed by atoms with E-state index in [1.165, 1.54) is 0 Å². The van der Waals surface area contributed by atoms with Gasteiger partial charge >= 0.3 is 0 Å². The van der Waals surface area contributed by atoms with E-state index < -0.39 is 15.4 Å². The van der Waals surface area contributed by atoms with Gasteiger partial charge < -0.3 is 9.40 Å². The van der Waals surface area contributed by atoms with Crippen molar-refractivity contribution in [2.24, 2.45) is 12.2 Å². The molecule has 0 saturated carbocycles. The molecule has 106 valence electrons. The number of sulfone groups is 1. The summed E-state index contributed by atoms with van der Waals surface area (Å²) in [6.07, 6.45) is 0.994. The number of hydrogen-bond donors (Lipinski definition) is 0. The van der Waals surface area contributed by atoms with Crippen LogP contribution in [0.4, 0.5) is 0 Å². The van der Waals surface area contributed by atoms with Gasteiger partial charge in [-0.3, -0.25) is 0 Å². The molecule has 0 bridgehead atoms. The Bertz CT molecular complexity index is 616. The van der Waals surface area contributed by atoms with E-state index in [9.17, 15) is 8.42 Å². The topological polar surface area (TPSA) is 86.4 Å². The van der Waals surface area contributed by atoms with Gasteiger partial charge in [0.1, 0.15) is 23.0 Å². The van der Waals surface area contributed by atoms with Gasteiger partial charge in [-0.25, -0.2) is 8.42 Å². The Hall–Kier alpha value is -1.44. The molecule has 0 fully saturated rings. The normalized spacial score (nSPS) is 18.2. The van der Waals surface area contributed by atoms with Crippen LogP contribution in [-0.4, -0.2) is 33.8 Å². The number of aryl methyl sites for hydroxylation is 1. The van der Waals surface area contributed by atoms with Crippen LogP contribution >= 0.6 is 0 Å². The summed E-state index contributed by atoms with van der Waals surface area (Å²) in [5.74, 6) is 0.980. The molecule has 0 aliphatic carbocycles. The van der Waals surface area contributed by atoms with Crippen LogP contribution in [0.5, 0.6) is 0 Å². The van der Waals surface area contributed by atoms with Crippen LogP contribution in [-0.2, 0) is 33.9 Å². The van der Waals surface area contributed by atoms with Crippen molar-refractivity contribution in [2.75, 3.05) is 0 Å². The number of aromatic nitrogens is 3. The van der Waals surface area contributed by atoms with Gasteiger partial charge in [-0.15, -0.1) is 10.2 Å². The fraction of sp³-hybridized carbons (Fsp3) is 0.727. The summed E-state index contributed by atoms with van der Waals surface area (Å²) in [5.41, 5.74) is -0.559. The Morgan fingerprint density at radius 2 is 1.95 bits per heavy atom. The molecule has 0 aromatic carbocycles. The van der Waals surface area contributed by atoms with Crippen molar-refractivity contribution in [1.82, 2.24) is 14.8 Å². The largest absolute Gasteiger partial charge is 0.389 e. The van der Waals surface area contributed by atoms with E-state index in [4.69, 9.17) is 4.84 Å². The first kappa shape index (κ1) is 14.0. The second kappa shape index (κ2) is 4.59. The van der Waals surface area contributed by atoms with Gasteiger partial charge in [0.15, 0.2) is 5.04 Å². The maximum absolute atomic E-state index is 12.2. The van der Waals surface area contributed by atoms with Gasteiger partial charge in [0.25, 0.3) is 0 Å². The summed E-state index contributed by atoms with van der Waals surface area (Å²) in [5, 5.41) is 11.6. The molecule has 0 N–H and O–H groups in total. The minimum absolute atomic E-state index is 0.0820. The van der Waals surface area contributed by atoms with Gasteiger partial charge in [-0.05, 0) is 13.8 Å². The molecule has 0 atom stereocenters. The minimum Gasteiger partial charge on any atom is -0.389 e. The zero-order chi connectivity index (χ0) is 14.3. The molecule has 0 amide bonds. The zero-order valence-electron chi connectivity index (χ0n) is 11.5. The molecule has 7 nitrogen and oxygen atoms in total. The van der Waals surface area contributed by atoms with Crippen LogP contribution < -0.4 is 0 Å². The standard InChI is InChI=1S/C11H18N4O3S/c1-5-8-12-13-9(15(8)4)7-19(16,17)10-6-11(2,3)18-14-10/h5-7H2,1-4H3. The number of oxime groups is 1. The Morgan fingerprint density at radius 3 is 2.42 bits per heavy atom. The van der Waals surface area contributed by atoms with E-state index in [1.54, 1.807) is 25.5 Å². The third-order valence-electron chi connectivity index (χ3n) is 3.02. The molecule has 8 heteroatoms. The number of nitrogens with zero attached hydrogens (tertiary/aromatic N) is 4. The van der Waals surface area contributed by atoms with Gasteiger partial charge in [0, 0.05) is 19.9 Å². The van der Waals surface area contributed by atoms with Crippen molar-refractivity contribution in [3.05, 3.63) is 11.6 Å². The van der Waals surface area contributed by atoms with Gasteiger partial charge in [-0.1, -0.05) is 12.1 Å². The van der Waals surface area contributed by atoms with Crippen LogP contribution in [0.1, 0.15) is 38.8 Å². The smallest absolute Gasteiger partial charge is 0.202 e. The lowest BCUT2D eigenvalue weighted by molar-refractivity contribution is 0.0123. The summed E-state index contributed by atoms with van der Waals surface area (Å²) in [7, 11) is -1.74. The quantitative estimate of drug-likeness (QED) is 0.820. The first-order valence-corrected chi connectivity index (χ1v) is 7.75. The van der Waals surface area contributed by atoms with Crippen molar-refractivity contribution in [2.45, 2.75) is 45.0 Å². The second-order valence-electron chi connectivity index (χ2n) is 5.22. The highest BCUT2D eigenvalue weighted by atomic mass is 32.2. The van der Waals surface area contributed by atoms with Gasteiger partial charge in [0.05, 0.1) is 0 Å². The molecule has 2 rings (SSSR count). The molecule has 1 aromatic rings. The van der Waals surface area contributed by atoms with Crippen molar-refractivity contribution < 1.29 is 13.3 Å². The molecule has 19 heavy (non-hydrogen) atoms. The van der Waals surface area contributed by atoms with E-state index in [0.717, 1.165) is 5.82 Å². The summed E-state index contributed by atoms with van der Waals surface area (Å²) in [4.78, 5) is 5.10. The van der Waals surface area contributed by atoms with Crippen molar-refractivity contribution in [3.8, 4) is 0 Å². The molecule has 2 heterocycles. The average Bonchev–Trinajstić information content (AvgIpc) is 2.83. The summed E-state index contributed by atoms with van der Waals surface area (Å²) in [6.45, 7) is 5.55. The highest BCUT2D eigenvalue weighted by Crippen LogP contribution is 2.25. The summed E-state index contributed by atoms with van der Waals surface area (Å²) in [6, 6.07) is 0. The monoisotopic (exact) mass is 286 g/mol. The molecule has 0 saturated heterocycles. The van der Waals surface area contributed by atoms with Crippen LogP contribution in [0, 0.1) is 0 Å². The third kappa shape index (κ3) is 2.78. The average molecular weight is 286 g/mol. The number of rotatable bonds is 3. The fourth-order valence-corrected chi connectivity index (χ4v) is 3.33. The van der Waals surface area contributed by atoms with Crippen LogP contribution in [0.15, 0.2) is 5.16 Å². The highest BCUT2D eigenvalue weighted by molar-refractivity contribution is 8.05. The van der Waals surface area contributed by atoms with E-state index >= 15 is 0 Å². The lowest BCUT2D eigenvalue weighted by Gasteiger charge is -2.13. The van der Waals surface area contributed by atoms with Crippen LogP contribution in [0.25, 0.3) is 0 Å². The zero-order valence-corrected chi connectivity index (χ0v) is 12.4. The maximum Gasteiger partial charge on any atom is 0.202 e. The van der Waals surface area contributed by atoms with E-state index in [0.29, 0.717) is 12.2 Å². The molecule has 1 aliphatic heterocycles. The molecule has 1 aliphatic rings. The van der Waals surface area contributed by atoms with Crippen molar-refractivity contribution in [1.29, 1.82) is 0 Å². The van der Waals surface area contributed by atoms with Gasteiger partial charge in [-0.2, -0.15) is 0 Å². The predicted molar refractivity (Wildman–Crippen MR) is 70.2 cm³/mol. The molecular weight excluding hydrogens is 268 g/mol. The predicted octanol–water partition coefficient (Wildman–Crippen LogP) is 0.805. The molecule has 1 aromatic heterocycles. The lowest BCUT2D eigenvalue weighted by atomic mass is 10.1. The van der Waals surface area contributed by atoms with E-state index in [1.807, 2.05) is 6.92 Å². The molecule has 0 spiro atoms.